The van der Waals surface area contributed by atoms with E-state index >= 15 is 0 Å². The highest BCUT2D eigenvalue weighted by atomic mass is 35.7. The number of ether oxygens (including phenoxy) is 2. The standard InChI is InChI=1S/C9H8ClF2NO6S/c1-2-18-5-3-6(13(14)15)8(19-9(11)12)7(4-5)20(10,16)17/h3-4,9H,2H2,1H3. The molecule has 0 amide bonds. The third kappa shape index (κ3) is 3.90. The molecule has 0 aromatic heterocycles. The third-order valence-electron chi connectivity index (χ3n) is 1.99. The quantitative estimate of drug-likeness (QED) is 0.451. The van der Waals surface area contributed by atoms with E-state index in [1.807, 2.05) is 0 Å². The van der Waals surface area contributed by atoms with E-state index in [9.17, 15) is 27.3 Å². The zero-order chi connectivity index (χ0) is 15.5. The summed E-state index contributed by atoms with van der Waals surface area (Å²) in [4.78, 5) is 8.79. The molecule has 0 spiro atoms. The van der Waals surface area contributed by atoms with Crippen molar-refractivity contribution in [2.45, 2.75) is 18.4 Å². The van der Waals surface area contributed by atoms with Gasteiger partial charge in [-0.15, -0.1) is 0 Å². The average molecular weight is 332 g/mol. The van der Waals surface area contributed by atoms with Crippen LogP contribution in [0.15, 0.2) is 17.0 Å². The largest absolute Gasteiger partial charge is 0.494 e. The maximum atomic E-state index is 12.3. The minimum absolute atomic E-state index is 0.0774. The van der Waals surface area contributed by atoms with Gasteiger partial charge in [-0.25, -0.2) is 8.42 Å². The van der Waals surface area contributed by atoms with Crippen molar-refractivity contribution in [3.05, 3.63) is 22.2 Å². The van der Waals surface area contributed by atoms with Crippen LogP contribution in [0.4, 0.5) is 14.5 Å². The third-order valence-corrected chi connectivity index (χ3v) is 3.31. The van der Waals surface area contributed by atoms with Gasteiger partial charge in [-0.05, 0) is 6.92 Å². The topological polar surface area (TPSA) is 95.7 Å². The summed E-state index contributed by atoms with van der Waals surface area (Å²) in [7, 11) is 0.519. The number of nitrogens with zero attached hydrogens (tertiary/aromatic N) is 1. The maximum absolute atomic E-state index is 12.3. The first kappa shape index (κ1) is 16.4. The fourth-order valence-electron chi connectivity index (χ4n) is 1.34. The fourth-order valence-corrected chi connectivity index (χ4v) is 2.31. The zero-order valence-corrected chi connectivity index (χ0v) is 11.5. The van der Waals surface area contributed by atoms with Crippen LogP contribution in [0.2, 0.25) is 0 Å². The van der Waals surface area contributed by atoms with Crippen LogP contribution in [-0.4, -0.2) is 26.6 Å². The summed E-state index contributed by atoms with van der Waals surface area (Å²) in [6.07, 6.45) is 0. The van der Waals surface area contributed by atoms with E-state index in [1.54, 1.807) is 6.92 Å². The molecule has 0 aliphatic carbocycles. The van der Waals surface area contributed by atoms with Crippen molar-refractivity contribution in [1.29, 1.82) is 0 Å². The lowest BCUT2D eigenvalue weighted by Gasteiger charge is -2.11. The number of hydrogen-bond acceptors (Lipinski definition) is 6. The van der Waals surface area contributed by atoms with Gasteiger partial charge in [0.05, 0.1) is 17.6 Å². The van der Waals surface area contributed by atoms with Crippen molar-refractivity contribution in [2.24, 2.45) is 0 Å². The van der Waals surface area contributed by atoms with Gasteiger partial charge in [0.1, 0.15) is 10.6 Å². The first-order valence-corrected chi connectivity index (χ1v) is 7.32. The molecule has 0 aliphatic heterocycles. The van der Waals surface area contributed by atoms with E-state index in [-0.39, 0.29) is 12.4 Å². The summed E-state index contributed by atoms with van der Waals surface area (Å²) in [5.41, 5.74) is -0.990. The SMILES string of the molecule is CCOc1cc([N+](=O)[O-])c(OC(F)F)c(S(=O)(=O)Cl)c1. The first-order valence-electron chi connectivity index (χ1n) is 5.01. The van der Waals surface area contributed by atoms with Gasteiger partial charge in [0.25, 0.3) is 9.05 Å². The van der Waals surface area contributed by atoms with Crippen LogP contribution < -0.4 is 9.47 Å². The van der Waals surface area contributed by atoms with E-state index in [2.05, 4.69) is 4.74 Å². The molecule has 1 aromatic rings. The number of hydrogen-bond donors (Lipinski definition) is 0. The Hall–Kier alpha value is -1.68. The monoisotopic (exact) mass is 331 g/mol. The van der Waals surface area contributed by atoms with E-state index in [1.165, 1.54) is 0 Å². The van der Waals surface area contributed by atoms with Gasteiger partial charge in [0, 0.05) is 16.7 Å². The molecule has 11 heteroatoms. The Bertz CT molecular complexity index is 621. The summed E-state index contributed by atoms with van der Waals surface area (Å²) in [5.74, 6) is -1.34. The van der Waals surface area contributed by atoms with E-state index in [4.69, 9.17) is 15.4 Å². The molecule has 1 aromatic carbocycles. The van der Waals surface area contributed by atoms with Crippen LogP contribution in [0.1, 0.15) is 6.92 Å². The molecule has 0 fully saturated rings. The second-order valence-electron chi connectivity index (χ2n) is 3.28. The van der Waals surface area contributed by atoms with Crippen molar-refractivity contribution in [3.63, 3.8) is 0 Å². The maximum Gasteiger partial charge on any atom is 0.387 e. The van der Waals surface area contributed by atoms with Crippen LogP contribution in [0.25, 0.3) is 0 Å². The first-order chi connectivity index (χ1) is 9.16. The summed E-state index contributed by atoms with van der Waals surface area (Å²) >= 11 is 0. The van der Waals surface area contributed by atoms with E-state index < -0.39 is 36.9 Å². The number of rotatable bonds is 6. The molecular weight excluding hydrogens is 324 g/mol. The smallest absolute Gasteiger partial charge is 0.387 e. The Morgan fingerprint density at radius 1 is 1.45 bits per heavy atom. The lowest BCUT2D eigenvalue weighted by molar-refractivity contribution is -0.386. The molecule has 0 bridgehead atoms. The van der Waals surface area contributed by atoms with Crippen molar-refractivity contribution in [1.82, 2.24) is 0 Å². The molecule has 0 unspecified atom stereocenters. The van der Waals surface area contributed by atoms with Crippen molar-refractivity contribution in [2.75, 3.05) is 6.61 Å². The second-order valence-corrected chi connectivity index (χ2v) is 5.81. The molecule has 112 valence electrons. The van der Waals surface area contributed by atoms with Crippen LogP contribution >= 0.6 is 10.7 Å². The molecule has 0 atom stereocenters. The van der Waals surface area contributed by atoms with Gasteiger partial charge in [-0.1, -0.05) is 0 Å². The molecule has 0 saturated heterocycles. The number of benzene rings is 1. The normalized spacial score (nSPS) is 11.4. The number of nitro benzene ring substituents is 1. The van der Waals surface area contributed by atoms with Gasteiger partial charge in [-0.3, -0.25) is 10.1 Å². The van der Waals surface area contributed by atoms with Gasteiger partial charge >= 0.3 is 12.3 Å². The van der Waals surface area contributed by atoms with Gasteiger partial charge in [0.15, 0.2) is 0 Å². The van der Waals surface area contributed by atoms with Gasteiger partial charge in [-0.2, -0.15) is 8.78 Å². The summed E-state index contributed by atoms with van der Waals surface area (Å²) in [5, 5.41) is 10.8. The number of nitro groups is 1. The van der Waals surface area contributed by atoms with E-state index in [0.29, 0.717) is 0 Å². The highest BCUT2D eigenvalue weighted by molar-refractivity contribution is 8.13. The molecule has 0 saturated carbocycles. The Labute approximate surface area is 116 Å². The highest BCUT2D eigenvalue weighted by Gasteiger charge is 2.30. The predicted molar refractivity (Wildman–Crippen MR) is 63.9 cm³/mol. The van der Waals surface area contributed by atoms with Crippen LogP contribution in [0.3, 0.4) is 0 Å². The molecule has 1 rings (SSSR count). The molecule has 0 aliphatic rings. The molecule has 0 radical (unpaired) electrons. The van der Waals surface area contributed by atoms with Crippen LogP contribution in [0, 0.1) is 10.1 Å². The molecule has 0 heterocycles. The number of alkyl halides is 2. The predicted octanol–water partition coefficient (Wildman–Crippen LogP) is 2.52. The molecule has 20 heavy (non-hydrogen) atoms. The van der Waals surface area contributed by atoms with Crippen molar-refractivity contribution < 1.29 is 31.6 Å². The fraction of sp³-hybridized carbons (Fsp3) is 0.333. The highest BCUT2D eigenvalue weighted by Crippen LogP contribution is 2.40. The minimum Gasteiger partial charge on any atom is -0.494 e. The van der Waals surface area contributed by atoms with E-state index in [0.717, 1.165) is 12.1 Å². The molecule has 0 N–H and O–H groups in total. The van der Waals surface area contributed by atoms with Gasteiger partial charge < -0.3 is 9.47 Å². The van der Waals surface area contributed by atoms with Crippen molar-refractivity contribution >= 4 is 25.4 Å². The Morgan fingerprint density at radius 3 is 2.45 bits per heavy atom. The average Bonchev–Trinajstić information content (AvgIpc) is 2.28. The number of halogens is 3. The lowest BCUT2D eigenvalue weighted by atomic mass is 10.2. The summed E-state index contributed by atoms with van der Waals surface area (Å²) in [6, 6.07) is 1.54. The Kier molecular flexibility index (Phi) is 5.06. The molecule has 7 nitrogen and oxygen atoms in total. The Morgan fingerprint density at radius 2 is 2.05 bits per heavy atom. The summed E-state index contributed by atoms with van der Waals surface area (Å²) < 4.78 is 56.0. The van der Waals surface area contributed by atoms with Crippen LogP contribution in [-0.2, 0) is 9.05 Å². The minimum atomic E-state index is -4.55. The zero-order valence-electron chi connectivity index (χ0n) is 9.88. The van der Waals surface area contributed by atoms with Crippen molar-refractivity contribution in [3.8, 4) is 11.5 Å². The Balaban J connectivity index is 3.62. The lowest BCUT2D eigenvalue weighted by Crippen LogP contribution is -2.09. The van der Waals surface area contributed by atoms with Crippen LogP contribution in [0.5, 0.6) is 11.5 Å². The summed E-state index contributed by atoms with van der Waals surface area (Å²) in [6.45, 7) is -1.83. The van der Waals surface area contributed by atoms with Gasteiger partial charge in [0.2, 0.25) is 5.75 Å². The molecular formula is C9H8ClF2NO6S. The second kappa shape index (κ2) is 6.18.